The van der Waals surface area contributed by atoms with Crippen molar-refractivity contribution >= 4 is 29.6 Å². The lowest BCUT2D eigenvalue weighted by Gasteiger charge is -2.35. The fraction of sp³-hybridized carbons (Fsp3) is 0.632. The van der Waals surface area contributed by atoms with Gasteiger partial charge in [-0.25, -0.2) is 4.79 Å². The first-order valence-electron chi connectivity index (χ1n) is 9.34. The van der Waals surface area contributed by atoms with Crippen LogP contribution >= 0.6 is 11.8 Å². The molecule has 0 aromatic carbocycles. The molecule has 8 nitrogen and oxygen atoms in total. The Balaban J connectivity index is 2.03. The monoisotopic (exact) mass is 403 g/mol. The predicted octanol–water partition coefficient (Wildman–Crippen LogP) is 2.30. The maximum Gasteiger partial charge on any atom is 0.321 e. The molecule has 1 saturated carbocycles. The van der Waals surface area contributed by atoms with Crippen LogP contribution in [0.25, 0.3) is 0 Å². The SMILES string of the molecule is C[C@H](SC1=C(C#N)C(C)(C)[C@@H](C#N)C(=O)N1)C(=O)NC(=O)NC1CCCCC1. The van der Waals surface area contributed by atoms with Gasteiger partial charge in [-0.05, 0) is 19.8 Å². The van der Waals surface area contributed by atoms with Crippen LogP contribution in [-0.2, 0) is 9.59 Å². The topological polar surface area (TPSA) is 135 Å². The van der Waals surface area contributed by atoms with E-state index in [1.807, 2.05) is 6.07 Å². The lowest BCUT2D eigenvalue weighted by atomic mass is 9.72. The molecule has 0 unspecified atom stereocenters. The van der Waals surface area contributed by atoms with E-state index in [2.05, 4.69) is 22.0 Å². The molecule has 1 fully saturated rings. The van der Waals surface area contributed by atoms with Gasteiger partial charge in [0.15, 0.2) is 0 Å². The molecule has 0 bridgehead atoms. The summed E-state index contributed by atoms with van der Waals surface area (Å²) in [5.41, 5.74) is -0.724. The van der Waals surface area contributed by atoms with Gasteiger partial charge in [0.2, 0.25) is 11.8 Å². The zero-order valence-corrected chi connectivity index (χ0v) is 17.1. The lowest BCUT2D eigenvalue weighted by Crippen LogP contribution is -2.48. The van der Waals surface area contributed by atoms with Crippen LogP contribution < -0.4 is 16.0 Å². The van der Waals surface area contributed by atoms with E-state index < -0.39 is 34.4 Å². The van der Waals surface area contributed by atoms with Gasteiger partial charge in [0.05, 0.1) is 28.0 Å². The Morgan fingerprint density at radius 1 is 1.25 bits per heavy atom. The number of hydrogen-bond acceptors (Lipinski definition) is 6. The predicted molar refractivity (Wildman–Crippen MR) is 104 cm³/mol. The minimum Gasteiger partial charge on any atom is -0.335 e. The Morgan fingerprint density at radius 3 is 2.46 bits per heavy atom. The molecule has 28 heavy (non-hydrogen) atoms. The quantitative estimate of drug-likeness (QED) is 0.659. The van der Waals surface area contributed by atoms with Crippen LogP contribution in [0.1, 0.15) is 52.9 Å². The van der Waals surface area contributed by atoms with Crippen molar-refractivity contribution in [3.05, 3.63) is 10.6 Å². The molecule has 1 aliphatic carbocycles. The molecule has 1 heterocycles. The van der Waals surface area contributed by atoms with Gasteiger partial charge >= 0.3 is 6.03 Å². The van der Waals surface area contributed by atoms with E-state index in [9.17, 15) is 24.9 Å². The molecule has 150 valence electrons. The van der Waals surface area contributed by atoms with Crippen molar-refractivity contribution in [3.8, 4) is 12.1 Å². The zero-order chi connectivity index (χ0) is 20.9. The van der Waals surface area contributed by atoms with Crippen molar-refractivity contribution in [2.45, 2.75) is 64.2 Å². The number of amides is 4. The van der Waals surface area contributed by atoms with Crippen LogP contribution in [-0.4, -0.2) is 29.1 Å². The van der Waals surface area contributed by atoms with Crippen LogP contribution in [0.4, 0.5) is 4.79 Å². The lowest BCUT2D eigenvalue weighted by molar-refractivity contribution is -0.125. The molecule has 2 aliphatic rings. The standard InChI is InChI=1S/C19H25N5O3S/c1-11(15(25)24-18(27)22-12-7-5-4-6-8-12)28-17-14(10-21)19(2,3)13(9-20)16(26)23-17/h11-13H,4-8H2,1-3H3,(H,23,26)(H2,22,24,25,27)/t11-,13-/m0/s1. The van der Waals surface area contributed by atoms with E-state index in [0.29, 0.717) is 0 Å². The molecule has 4 amide bonds. The largest absolute Gasteiger partial charge is 0.335 e. The first-order chi connectivity index (χ1) is 13.2. The Kier molecular flexibility index (Phi) is 7.09. The second-order valence-electron chi connectivity index (χ2n) is 7.65. The van der Waals surface area contributed by atoms with Gasteiger partial charge in [0, 0.05) is 11.5 Å². The third-order valence-corrected chi connectivity index (χ3v) is 6.28. The van der Waals surface area contributed by atoms with Crippen LogP contribution in [0.5, 0.6) is 0 Å². The van der Waals surface area contributed by atoms with Gasteiger partial charge < -0.3 is 10.6 Å². The molecule has 2 atom stereocenters. The summed E-state index contributed by atoms with van der Waals surface area (Å²) in [5.74, 6) is -2.01. The highest BCUT2D eigenvalue weighted by atomic mass is 32.2. The number of urea groups is 1. The smallest absolute Gasteiger partial charge is 0.321 e. The summed E-state index contributed by atoms with van der Waals surface area (Å²) in [5, 5.41) is 26.0. The number of imide groups is 1. The average molecular weight is 404 g/mol. The van der Waals surface area contributed by atoms with Crippen molar-refractivity contribution in [1.82, 2.24) is 16.0 Å². The van der Waals surface area contributed by atoms with Crippen molar-refractivity contribution in [2.24, 2.45) is 11.3 Å². The van der Waals surface area contributed by atoms with Gasteiger partial charge in [0.25, 0.3) is 0 Å². The van der Waals surface area contributed by atoms with E-state index >= 15 is 0 Å². The maximum atomic E-state index is 12.4. The number of rotatable bonds is 4. The van der Waals surface area contributed by atoms with Crippen molar-refractivity contribution in [1.29, 1.82) is 10.5 Å². The van der Waals surface area contributed by atoms with E-state index in [0.717, 1.165) is 43.9 Å². The number of nitriles is 2. The van der Waals surface area contributed by atoms with E-state index in [1.165, 1.54) is 0 Å². The van der Waals surface area contributed by atoms with E-state index in [-0.39, 0.29) is 16.6 Å². The molecule has 0 saturated heterocycles. The molecule has 0 spiro atoms. The number of hydrogen-bond donors (Lipinski definition) is 3. The van der Waals surface area contributed by atoms with Crippen molar-refractivity contribution in [3.63, 3.8) is 0 Å². The van der Waals surface area contributed by atoms with Crippen LogP contribution in [0.15, 0.2) is 10.6 Å². The maximum absolute atomic E-state index is 12.4. The summed E-state index contributed by atoms with van der Waals surface area (Å²) in [4.78, 5) is 36.6. The number of carbonyl (C=O) groups excluding carboxylic acids is 3. The molecule has 3 N–H and O–H groups in total. The second-order valence-corrected chi connectivity index (χ2v) is 9.00. The fourth-order valence-electron chi connectivity index (χ4n) is 3.43. The average Bonchev–Trinajstić information content (AvgIpc) is 2.62. The molecular formula is C19H25N5O3S. The summed E-state index contributed by atoms with van der Waals surface area (Å²) in [6, 6.07) is 3.53. The minimum absolute atomic E-state index is 0.0822. The highest BCUT2D eigenvalue weighted by Gasteiger charge is 2.45. The highest BCUT2D eigenvalue weighted by Crippen LogP contribution is 2.42. The number of nitrogens with one attached hydrogen (secondary N) is 3. The van der Waals surface area contributed by atoms with E-state index in [4.69, 9.17) is 0 Å². The van der Waals surface area contributed by atoms with Gasteiger partial charge in [0.1, 0.15) is 5.92 Å². The summed E-state index contributed by atoms with van der Waals surface area (Å²) in [6.45, 7) is 4.90. The minimum atomic E-state index is -0.989. The van der Waals surface area contributed by atoms with Gasteiger partial charge in [-0.2, -0.15) is 10.5 Å². The molecule has 0 aromatic heterocycles. The Bertz CT molecular complexity index is 771. The molecule has 0 aromatic rings. The Labute approximate surface area is 169 Å². The molecule has 2 rings (SSSR count). The van der Waals surface area contributed by atoms with Gasteiger partial charge in [-0.1, -0.05) is 44.9 Å². The highest BCUT2D eigenvalue weighted by molar-refractivity contribution is 8.04. The number of allylic oxidation sites excluding steroid dienone is 1. The third-order valence-electron chi connectivity index (χ3n) is 5.17. The first kappa shape index (κ1) is 21.8. The van der Waals surface area contributed by atoms with Crippen molar-refractivity contribution < 1.29 is 14.4 Å². The van der Waals surface area contributed by atoms with Gasteiger partial charge in [-0.3, -0.25) is 14.9 Å². The number of carbonyl (C=O) groups is 3. The molecule has 9 heteroatoms. The summed E-state index contributed by atoms with van der Waals surface area (Å²) in [6.07, 6.45) is 5.11. The van der Waals surface area contributed by atoms with Crippen molar-refractivity contribution in [2.75, 3.05) is 0 Å². The normalized spacial score (nSPS) is 23.0. The fourth-order valence-corrected chi connectivity index (χ4v) is 4.53. The molecule has 0 radical (unpaired) electrons. The summed E-state index contributed by atoms with van der Waals surface area (Å²) in [7, 11) is 0. The van der Waals surface area contributed by atoms with Gasteiger partial charge in [-0.15, -0.1) is 0 Å². The second kappa shape index (κ2) is 9.11. The summed E-state index contributed by atoms with van der Waals surface area (Å²) >= 11 is 0.992. The van der Waals surface area contributed by atoms with Crippen LogP contribution in [0, 0.1) is 34.0 Å². The molecular weight excluding hydrogens is 378 g/mol. The van der Waals surface area contributed by atoms with Crippen LogP contribution in [0.2, 0.25) is 0 Å². The Morgan fingerprint density at radius 2 is 1.89 bits per heavy atom. The Hall–Kier alpha value is -2.52. The van der Waals surface area contributed by atoms with E-state index in [1.54, 1.807) is 20.8 Å². The summed E-state index contributed by atoms with van der Waals surface area (Å²) < 4.78 is 0. The third kappa shape index (κ3) is 4.85. The number of thioether (sulfide) groups is 1. The first-order valence-corrected chi connectivity index (χ1v) is 10.2. The number of nitrogens with zero attached hydrogens (tertiary/aromatic N) is 2. The van der Waals surface area contributed by atoms with Crippen LogP contribution in [0.3, 0.4) is 0 Å². The molecule has 1 aliphatic heterocycles. The zero-order valence-electron chi connectivity index (χ0n) is 16.3.